The van der Waals surface area contributed by atoms with E-state index in [1.807, 2.05) is 10.6 Å². The van der Waals surface area contributed by atoms with Crippen LogP contribution in [-0.2, 0) is 6.54 Å². The fraction of sp³-hybridized carbons (Fsp3) is 0.308. The third-order valence-corrected chi connectivity index (χ3v) is 3.36. The molecule has 0 fully saturated rings. The first-order chi connectivity index (χ1) is 10.7. The van der Waals surface area contributed by atoms with Crippen molar-refractivity contribution >= 4 is 40.3 Å². The van der Waals surface area contributed by atoms with Crippen molar-refractivity contribution in [1.82, 2.24) is 19.5 Å². The lowest BCUT2D eigenvalue weighted by atomic mass is 10.2. The molecule has 0 bridgehead atoms. The van der Waals surface area contributed by atoms with Gasteiger partial charge in [-0.3, -0.25) is 0 Å². The summed E-state index contributed by atoms with van der Waals surface area (Å²) in [7, 11) is 0. The van der Waals surface area contributed by atoms with Gasteiger partial charge in [0.05, 0.1) is 24.6 Å². The number of rotatable bonds is 5. The first-order valence-electron chi connectivity index (χ1n) is 6.68. The predicted octanol–water partition coefficient (Wildman–Crippen LogP) is 2.09. The smallest absolute Gasteiger partial charge is 0.161 e. The first kappa shape index (κ1) is 16.9. The highest BCUT2D eigenvalue weighted by molar-refractivity contribution is 6.04. The molecule has 3 heterocycles. The fourth-order valence-corrected chi connectivity index (χ4v) is 2.31. The second-order valence-electron chi connectivity index (χ2n) is 4.76. The molecule has 23 heavy (non-hydrogen) atoms. The largest absolute Gasteiger partial charge is 0.394 e. The minimum atomic E-state index is -0.791. The summed E-state index contributed by atoms with van der Waals surface area (Å²) in [5, 5.41) is 22.8. The number of hydrogen-bond donors (Lipinski definition) is 2. The van der Waals surface area contributed by atoms with Gasteiger partial charge in [0.2, 0.25) is 0 Å². The molecule has 0 aliphatic rings. The fourth-order valence-electron chi connectivity index (χ4n) is 2.31. The van der Waals surface area contributed by atoms with Crippen LogP contribution in [0.2, 0.25) is 0 Å². The molecule has 3 rings (SSSR count). The predicted molar refractivity (Wildman–Crippen MR) is 86.6 cm³/mol. The Morgan fingerprint density at radius 3 is 2.96 bits per heavy atom. The SMILES string of the molecule is Cl.[N-]=[N+]=Nc1nc2ncccc2c2c1ncn2CCC(O)CO. The highest BCUT2D eigenvalue weighted by Crippen LogP contribution is 2.29. The third-order valence-electron chi connectivity index (χ3n) is 3.36. The minimum Gasteiger partial charge on any atom is -0.394 e. The molecule has 1 unspecified atom stereocenters. The first-order valence-corrected chi connectivity index (χ1v) is 6.68. The Balaban J connectivity index is 0.00000192. The van der Waals surface area contributed by atoms with Crippen LogP contribution in [0.5, 0.6) is 0 Å². The molecule has 9 nitrogen and oxygen atoms in total. The van der Waals surface area contributed by atoms with Crippen LogP contribution in [0.15, 0.2) is 29.8 Å². The molecule has 0 radical (unpaired) electrons. The molecule has 1 atom stereocenters. The van der Waals surface area contributed by atoms with Gasteiger partial charge >= 0.3 is 0 Å². The Bertz CT molecular complexity index is 875. The highest BCUT2D eigenvalue weighted by atomic mass is 35.5. The summed E-state index contributed by atoms with van der Waals surface area (Å²) in [6.07, 6.45) is 2.79. The zero-order chi connectivity index (χ0) is 15.5. The van der Waals surface area contributed by atoms with E-state index in [9.17, 15) is 5.11 Å². The number of aliphatic hydroxyl groups excluding tert-OH is 2. The van der Waals surface area contributed by atoms with Crippen LogP contribution >= 0.6 is 12.4 Å². The maximum Gasteiger partial charge on any atom is 0.161 e. The summed E-state index contributed by atoms with van der Waals surface area (Å²) < 4.78 is 1.83. The average molecular weight is 336 g/mol. The molecular formula is C13H14ClN7O2. The number of azide groups is 1. The molecule has 0 saturated heterocycles. The molecule has 3 aromatic rings. The minimum absolute atomic E-state index is 0. The Morgan fingerprint density at radius 1 is 1.39 bits per heavy atom. The lowest BCUT2D eigenvalue weighted by Gasteiger charge is -2.09. The zero-order valence-electron chi connectivity index (χ0n) is 11.9. The number of aromatic nitrogens is 4. The number of nitrogens with zero attached hydrogens (tertiary/aromatic N) is 7. The van der Waals surface area contributed by atoms with Crippen LogP contribution in [0.1, 0.15) is 6.42 Å². The molecule has 0 spiro atoms. The standard InChI is InChI=1S/C13H13N7O2.ClH/c14-19-18-13-10-11(9-2-1-4-15-12(9)17-13)20(7-16-10)5-3-8(22)6-21;/h1-2,4,7-8,21-22H,3,5-6H2;1H. The van der Waals surface area contributed by atoms with E-state index in [2.05, 4.69) is 25.0 Å². The van der Waals surface area contributed by atoms with Crippen molar-refractivity contribution in [3.05, 3.63) is 35.1 Å². The topological polar surface area (TPSA) is 133 Å². The quantitative estimate of drug-likeness (QED) is 0.418. The number of hydrogen-bond acceptors (Lipinski definition) is 6. The molecule has 0 amide bonds. The Morgan fingerprint density at radius 2 is 2.22 bits per heavy atom. The highest BCUT2D eigenvalue weighted by Gasteiger charge is 2.14. The van der Waals surface area contributed by atoms with E-state index in [0.29, 0.717) is 24.1 Å². The average Bonchev–Trinajstić information content (AvgIpc) is 2.97. The number of halogens is 1. The van der Waals surface area contributed by atoms with E-state index in [4.69, 9.17) is 10.6 Å². The van der Waals surface area contributed by atoms with Gasteiger partial charge in [0.1, 0.15) is 5.52 Å². The summed E-state index contributed by atoms with van der Waals surface area (Å²) in [5.74, 6) is 0.171. The maximum absolute atomic E-state index is 9.51. The molecule has 2 N–H and O–H groups in total. The second-order valence-corrected chi connectivity index (χ2v) is 4.76. The third kappa shape index (κ3) is 3.17. The maximum atomic E-state index is 9.51. The lowest BCUT2D eigenvalue weighted by Crippen LogP contribution is -2.14. The molecule has 3 aromatic heterocycles. The summed E-state index contributed by atoms with van der Waals surface area (Å²) >= 11 is 0. The van der Waals surface area contributed by atoms with Gasteiger partial charge < -0.3 is 14.8 Å². The van der Waals surface area contributed by atoms with Crippen molar-refractivity contribution in [2.75, 3.05) is 6.61 Å². The van der Waals surface area contributed by atoms with E-state index >= 15 is 0 Å². The molecular weight excluding hydrogens is 322 g/mol. The Hall–Kier alpha value is -2.45. The van der Waals surface area contributed by atoms with Crippen molar-refractivity contribution in [1.29, 1.82) is 0 Å². The molecule has 0 aromatic carbocycles. The van der Waals surface area contributed by atoms with Crippen molar-refractivity contribution in [2.24, 2.45) is 5.11 Å². The van der Waals surface area contributed by atoms with Crippen LogP contribution < -0.4 is 0 Å². The van der Waals surface area contributed by atoms with Crippen LogP contribution in [-0.4, -0.2) is 42.4 Å². The number of aryl methyl sites for hydroxylation is 1. The van der Waals surface area contributed by atoms with E-state index in [1.165, 1.54) is 0 Å². The van der Waals surface area contributed by atoms with Crippen LogP contribution in [0.3, 0.4) is 0 Å². The van der Waals surface area contributed by atoms with Gasteiger partial charge in [-0.15, -0.1) is 12.4 Å². The van der Waals surface area contributed by atoms with E-state index < -0.39 is 6.10 Å². The number of pyridine rings is 2. The van der Waals surface area contributed by atoms with Gasteiger partial charge in [-0.2, -0.15) is 0 Å². The summed E-state index contributed by atoms with van der Waals surface area (Å²) in [4.78, 5) is 15.4. The van der Waals surface area contributed by atoms with E-state index in [0.717, 1.165) is 10.9 Å². The van der Waals surface area contributed by atoms with E-state index in [1.54, 1.807) is 18.6 Å². The lowest BCUT2D eigenvalue weighted by molar-refractivity contribution is 0.0849. The van der Waals surface area contributed by atoms with E-state index in [-0.39, 0.29) is 24.8 Å². The van der Waals surface area contributed by atoms with Crippen LogP contribution in [0, 0.1) is 0 Å². The van der Waals surface area contributed by atoms with Crippen molar-refractivity contribution < 1.29 is 10.2 Å². The van der Waals surface area contributed by atoms with Crippen molar-refractivity contribution in [2.45, 2.75) is 19.1 Å². The summed E-state index contributed by atoms with van der Waals surface area (Å²) in [6, 6.07) is 3.65. The van der Waals surface area contributed by atoms with Gasteiger partial charge in [-0.05, 0) is 29.2 Å². The normalized spacial score (nSPS) is 11.9. The van der Waals surface area contributed by atoms with Crippen molar-refractivity contribution in [3.8, 4) is 0 Å². The number of fused-ring (bicyclic) bond motifs is 3. The zero-order valence-corrected chi connectivity index (χ0v) is 12.8. The molecule has 10 heteroatoms. The summed E-state index contributed by atoms with van der Waals surface area (Å²) in [6.45, 7) is 0.169. The van der Waals surface area contributed by atoms with Crippen LogP contribution in [0.4, 0.5) is 5.82 Å². The number of imidazole rings is 1. The van der Waals surface area contributed by atoms with Gasteiger partial charge in [0, 0.05) is 23.0 Å². The van der Waals surface area contributed by atoms with Gasteiger partial charge in [-0.1, -0.05) is 0 Å². The van der Waals surface area contributed by atoms with Crippen molar-refractivity contribution in [3.63, 3.8) is 0 Å². The van der Waals surface area contributed by atoms with Crippen LogP contribution in [0.25, 0.3) is 32.5 Å². The molecule has 0 aliphatic carbocycles. The molecule has 0 aliphatic heterocycles. The monoisotopic (exact) mass is 335 g/mol. The second kappa shape index (κ2) is 7.21. The van der Waals surface area contributed by atoms with Gasteiger partial charge in [0.15, 0.2) is 11.5 Å². The van der Waals surface area contributed by atoms with Gasteiger partial charge in [0.25, 0.3) is 0 Å². The number of aliphatic hydroxyl groups is 2. The summed E-state index contributed by atoms with van der Waals surface area (Å²) in [5.41, 5.74) is 10.4. The molecule has 0 saturated carbocycles. The Kier molecular flexibility index (Phi) is 5.30. The molecule has 120 valence electrons. The Labute approximate surface area is 136 Å². The van der Waals surface area contributed by atoms with Gasteiger partial charge in [-0.25, -0.2) is 15.0 Å².